The van der Waals surface area contributed by atoms with Gasteiger partial charge in [-0.2, -0.15) is 0 Å². The van der Waals surface area contributed by atoms with Crippen molar-refractivity contribution in [2.75, 3.05) is 11.9 Å². The van der Waals surface area contributed by atoms with E-state index in [2.05, 4.69) is 47.1 Å². The third-order valence-corrected chi connectivity index (χ3v) is 5.26. The van der Waals surface area contributed by atoms with Crippen LogP contribution in [0.1, 0.15) is 44.1 Å². The minimum Gasteiger partial charge on any atom is -0.493 e. The van der Waals surface area contributed by atoms with Gasteiger partial charge in [-0.25, -0.2) is 0 Å². The Morgan fingerprint density at radius 3 is 2.39 bits per heavy atom. The summed E-state index contributed by atoms with van der Waals surface area (Å²) in [5.41, 5.74) is 1.58. The second kappa shape index (κ2) is 6.60. The summed E-state index contributed by atoms with van der Waals surface area (Å²) < 4.78 is 6.10. The molecule has 1 aliphatic carbocycles. The van der Waals surface area contributed by atoms with E-state index >= 15 is 0 Å². The van der Waals surface area contributed by atoms with E-state index in [1.807, 2.05) is 0 Å². The van der Waals surface area contributed by atoms with Crippen LogP contribution in [0.3, 0.4) is 0 Å². The summed E-state index contributed by atoms with van der Waals surface area (Å²) in [4.78, 5) is 0. The Labute approximate surface area is 119 Å². The van der Waals surface area contributed by atoms with Crippen LogP contribution in [0.5, 0.6) is 5.75 Å². The summed E-state index contributed by atoms with van der Waals surface area (Å²) in [6, 6.07) is 8.31. The summed E-state index contributed by atoms with van der Waals surface area (Å²) >= 11 is 3.71. The predicted octanol–water partition coefficient (Wildman–Crippen LogP) is 5.11. The highest BCUT2D eigenvalue weighted by Gasteiger charge is 2.30. The molecule has 0 N–H and O–H groups in total. The number of alkyl halides is 1. The van der Waals surface area contributed by atoms with Crippen molar-refractivity contribution in [2.45, 2.75) is 45.4 Å². The molecule has 18 heavy (non-hydrogen) atoms. The summed E-state index contributed by atoms with van der Waals surface area (Å²) in [7, 11) is 0. The molecule has 0 saturated heterocycles. The molecule has 0 radical (unpaired) electrons. The molecule has 0 aromatic heterocycles. The van der Waals surface area contributed by atoms with Gasteiger partial charge in [-0.15, -0.1) is 0 Å². The minimum absolute atomic E-state index is 0.346. The molecular weight excluding hydrogens is 288 g/mol. The van der Waals surface area contributed by atoms with Crippen LogP contribution in [-0.4, -0.2) is 11.9 Å². The lowest BCUT2D eigenvalue weighted by Crippen LogP contribution is -2.30. The van der Waals surface area contributed by atoms with Crippen molar-refractivity contribution in [1.82, 2.24) is 0 Å². The number of para-hydroxylation sites is 1. The van der Waals surface area contributed by atoms with Gasteiger partial charge in [0.05, 0.1) is 6.61 Å². The van der Waals surface area contributed by atoms with E-state index in [0.717, 1.165) is 17.7 Å². The average molecular weight is 311 g/mol. The van der Waals surface area contributed by atoms with Crippen LogP contribution in [0.25, 0.3) is 0 Å². The number of ether oxygens (including phenoxy) is 1. The van der Waals surface area contributed by atoms with Gasteiger partial charge in [-0.1, -0.05) is 59.8 Å². The van der Waals surface area contributed by atoms with Crippen LogP contribution in [0.15, 0.2) is 24.3 Å². The fourth-order valence-corrected chi connectivity index (χ4v) is 3.47. The highest BCUT2D eigenvalue weighted by molar-refractivity contribution is 9.09. The molecule has 1 aliphatic rings. The average Bonchev–Trinajstić information content (AvgIpc) is 2.64. The number of hydrogen-bond acceptors (Lipinski definition) is 1. The van der Waals surface area contributed by atoms with Crippen molar-refractivity contribution in [2.24, 2.45) is 5.41 Å². The molecule has 1 aromatic rings. The highest BCUT2D eigenvalue weighted by Crippen LogP contribution is 2.37. The van der Waals surface area contributed by atoms with Crippen LogP contribution in [0, 0.1) is 12.3 Å². The molecule has 0 heterocycles. The molecule has 100 valence electrons. The molecule has 1 saturated carbocycles. The number of halogens is 1. The lowest BCUT2D eigenvalue weighted by molar-refractivity contribution is 0.148. The minimum atomic E-state index is 0.346. The molecule has 1 fully saturated rings. The smallest absolute Gasteiger partial charge is 0.122 e. The number of hydrogen-bond donors (Lipinski definition) is 0. The van der Waals surface area contributed by atoms with Crippen molar-refractivity contribution >= 4 is 15.9 Å². The highest BCUT2D eigenvalue weighted by atomic mass is 79.9. The van der Waals surface area contributed by atoms with Gasteiger partial charge >= 0.3 is 0 Å². The monoisotopic (exact) mass is 310 g/mol. The normalized spacial score (nSPS) is 19.2. The molecule has 0 unspecified atom stereocenters. The maximum atomic E-state index is 6.10. The molecule has 2 rings (SSSR count). The fraction of sp³-hybridized carbons (Fsp3) is 0.625. The molecule has 0 amide bonds. The summed E-state index contributed by atoms with van der Waals surface area (Å²) in [5.74, 6) is 1.04. The fourth-order valence-electron chi connectivity index (χ4n) is 2.74. The predicted molar refractivity (Wildman–Crippen MR) is 80.6 cm³/mol. The molecule has 1 nitrogen and oxygen atoms in total. The zero-order chi connectivity index (χ0) is 12.8. The molecule has 0 bridgehead atoms. The van der Waals surface area contributed by atoms with Crippen molar-refractivity contribution in [3.05, 3.63) is 29.8 Å². The van der Waals surface area contributed by atoms with Crippen molar-refractivity contribution in [3.8, 4) is 5.75 Å². The Hall–Kier alpha value is -0.500. The largest absolute Gasteiger partial charge is 0.493 e. The lowest BCUT2D eigenvalue weighted by atomic mass is 9.83. The zero-order valence-electron chi connectivity index (χ0n) is 11.3. The maximum absolute atomic E-state index is 6.10. The van der Waals surface area contributed by atoms with Gasteiger partial charge in [-0.05, 0) is 31.4 Å². The number of rotatable bonds is 4. The van der Waals surface area contributed by atoms with Gasteiger partial charge in [0.15, 0.2) is 0 Å². The van der Waals surface area contributed by atoms with E-state index < -0.39 is 0 Å². The SMILES string of the molecule is Cc1ccccc1OCC1(CBr)CCCCCC1. The van der Waals surface area contributed by atoms with Gasteiger partial charge in [0.25, 0.3) is 0 Å². The molecule has 2 heteroatoms. The van der Waals surface area contributed by atoms with Crippen LogP contribution in [-0.2, 0) is 0 Å². The first-order chi connectivity index (χ1) is 8.76. The second-order valence-electron chi connectivity index (χ2n) is 5.60. The van der Waals surface area contributed by atoms with E-state index in [1.165, 1.54) is 44.1 Å². The van der Waals surface area contributed by atoms with E-state index in [-0.39, 0.29) is 0 Å². The van der Waals surface area contributed by atoms with Gasteiger partial charge < -0.3 is 4.74 Å². The Balaban J connectivity index is 2.00. The number of aryl methyl sites for hydroxylation is 1. The topological polar surface area (TPSA) is 9.23 Å². The Morgan fingerprint density at radius 2 is 1.78 bits per heavy atom. The van der Waals surface area contributed by atoms with Crippen LogP contribution in [0.4, 0.5) is 0 Å². The van der Waals surface area contributed by atoms with E-state index in [4.69, 9.17) is 4.74 Å². The quantitative estimate of drug-likeness (QED) is 0.554. The van der Waals surface area contributed by atoms with E-state index in [9.17, 15) is 0 Å². The Morgan fingerprint density at radius 1 is 1.11 bits per heavy atom. The molecule has 1 aromatic carbocycles. The first-order valence-corrected chi connectivity index (χ1v) is 8.12. The van der Waals surface area contributed by atoms with Crippen LogP contribution in [0.2, 0.25) is 0 Å². The summed E-state index contributed by atoms with van der Waals surface area (Å²) in [6.45, 7) is 2.96. The van der Waals surface area contributed by atoms with Gasteiger partial charge in [0.2, 0.25) is 0 Å². The molecular formula is C16H23BrO. The second-order valence-corrected chi connectivity index (χ2v) is 6.16. The third kappa shape index (κ3) is 3.50. The Kier molecular flexibility index (Phi) is 5.11. The zero-order valence-corrected chi connectivity index (χ0v) is 12.8. The summed E-state index contributed by atoms with van der Waals surface area (Å²) in [6.07, 6.45) is 8.07. The first-order valence-electron chi connectivity index (χ1n) is 7.00. The number of benzene rings is 1. The van der Waals surface area contributed by atoms with Crippen molar-refractivity contribution in [1.29, 1.82) is 0 Å². The molecule has 0 atom stereocenters. The molecule has 0 aliphatic heterocycles. The van der Waals surface area contributed by atoms with Crippen LogP contribution >= 0.6 is 15.9 Å². The maximum Gasteiger partial charge on any atom is 0.122 e. The van der Waals surface area contributed by atoms with Crippen molar-refractivity contribution < 1.29 is 4.74 Å². The van der Waals surface area contributed by atoms with Crippen molar-refractivity contribution in [3.63, 3.8) is 0 Å². The van der Waals surface area contributed by atoms with Gasteiger partial charge in [-0.3, -0.25) is 0 Å². The Bertz CT molecular complexity index is 367. The molecule has 0 spiro atoms. The summed E-state index contributed by atoms with van der Waals surface area (Å²) in [5, 5.41) is 1.06. The first kappa shape index (κ1) is 13.9. The van der Waals surface area contributed by atoms with Gasteiger partial charge in [0.1, 0.15) is 5.75 Å². The van der Waals surface area contributed by atoms with E-state index in [1.54, 1.807) is 0 Å². The standard InChI is InChI=1S/C16H23BrO/c1-14-8-4-5-9-15(14)18-13-16(12-17)10-6-2-3-7-11-16/h4-5,8-9H,2-3,6-7,10-13H2,1H3. The van der Waals surface area contributed by atoms with Crippen LogP contribution < -0.4 is 4.74 Å². The van der Waals surface area contributed by atoms with Gasteiger partial charge in [0, 0.05) is 10.7 Å². The lowest BCUT2D eigenvalue weighted by Gasteiger charge is -2.30. The third-order valence-electron chi connectivity index (χ3n) is 4.08. The van der Waals surface area contributed by atoms with E-state index in [0.29, 0.717) is 5.41 Å².